The number of hydrogen-bond donors (Lipinski definition) is 1. The minimum Gasteiger partial charge on any atom is -0.496 e. The molecule has 3 heteroatoms. The highest BCUT2D eigenvalue weighted by Gasteiger charge is 2.27. The quantitative estimate of drug-likeness (QED) is 0.860. The molecule has 0 aliphatic carbocycles. The molecule has 1 aromatic rings. The van der Waals surface area contributed by atoms with E-state index in [1.165, 1.54) is 0 Å². The molecule has 1 aromatic carbocycles. The van der Waals surface area contributed by atoms with Gasteiger partial charge in [0.1, 0.15) is 5.75 Å². The molecule has 0 bridgehead atoms. The molecule has 0 saturated heterocycles. The maximum Gasteiger partial charge on any atom is 0.128 e. The van der Waals surface area contributed by atoms with Gasteiger partial charge in [0.2, 0.25) is 0 Å². The molecular weight excluding hydrogens is 224 g/mol. The Labute approximate surface area is 102 Å². The lowest BCUT2D eigenvalue weighted by atomic mass is 9.89. The lowest BCUT2D eigenvalue weighted by molar-refractivity contribution is 0.0748. The van der Waals surface area contributed by atoms with Crippen LogP contribution >= 0.6 is 11.6 Å². The van der Waals surface area contributed by atoms with E-state index >= 15 is 0 Å². The van der Waals surface area contributed by atoms with E-state index in [1.807, 2.05) is 20.8 Å². The molecule has 0 aliphatic heterocycles. The molecule has 0 saturated carbocycles. The standard InChI is InChI=1S/C13H19ClO2/c1-7-8(2)12(16-6)10(13(4,5)15)9(3)11(7)14/h15H,1-6H3. The van der Waals surface area contributed by atoms with Gasteiger partial charge in [0.25, 0.3) is 0 Å². The van der Waals surface area contributed by atoms with E-state index in [2.05, 4.69) is 0 Å². The van der Waals surface area contributed by atoms with Crippen LogP contribution in [0.2, 0.25) is 5.02 Å². The van der Waals surface area contributed by atoms with Crippen LogP contribution in [0.4, 0.5) is 0 Å². The van der Waals surface area contributed by atoms with Crippen LogP contribution in [0.15, 0.2) is 0 Å². The zero-order valence-corrected chi connectivity index (χ0v) is 11.5. The third-order valence-electron chi connectivity index (χ3n) is 2.98. The number of benzene rings is 1. The van der Waals surface area contributed by atoms with Crippen LogP contribution in [-0.4, -0.2) is 12.2 Å². The largest absolute Gasteiger partial charge is 0.496 e. The van der Waals surface area contributed by atoms with Crippen molar-refractivity contribution in [2.45, 2.75) is 40.2 Å². The first-order valence-electron chi connectivity index (χ1n) is 5.27. The fraction of sp³-hybridized carbons (Fsp3) is 0.538. The van der Waals surface area contributed by atoms with Gasteiger partial charge in [0.15, 0.2) is 0 Å². The Morgan fingerprint density at radius 2 is 1.56 bits per heavy atom. The summed E-state index contributed by atoms with van der Waals surface area (Å²) in [6.45, 7) is 9.30. The minimum atomic E-state index is -0.961. The van der Waals surface area contributed by atoms with Gasteiger partial charge in [-0.25, -0.2) is 0 Å². The van der Waals surface area contributed by atoms with E-state index in [0.717, 1.165) is 28.0 Å². The number of rotatable bonds is 2. The molecule has 0 aromatic heterocycles. The predicted octanol–water partition coefficient (Wildman–Crippen LogP) is 3.50. The van der Waals surface area contributed by atoms with Gasteiger partial charge in [-0.3, -0.25) is 0 Å². The van der Waals surface area contributed by atoms with Crippen molar-refractivity contribution in [2.75, 3.05) is 7.11 Å². The molecule has 0 aliphatic rings. The normalized spacial score (nSPS) is 11.8. The number of ether oxygens (including phenoxy) is 1. The van der Waals surface area contributed by atoms with E-state index in [9.17, 15) is 5.11 Å². The topological polar surface area (TPSA) is 29.5 Å². The van der Waals surface area contributed by atoms with Crippen molar-refractivity contribution in [3.05, 3.63) is 27.3 Å². The van der Waals surface area contributed by atoms with Crippen molar-refractivity contribution < 1.29 is 9.84 Å². The lowest BCUT2D eigenvalue weighted by Crippen LogP contribution is -2.20. The SMILES string of the molecule is COc1c(C)c(C)c(Cl)c(C)c1C(C)(C)O. The van der Waals surface area contributed by atoms with Crippen molar-refractivity contribution in [1.82, 2.24) is 0 Å². The fourth-order valence-electron chi connectivity index (χ4n) is 2.08. The number of halogens is 1. The third-order valence-corrected chi connectivity index (χ3v) is 3.55. The molecule has 0 radical (unpaired) electrons. The van der Waals surface area contributed by atoms with Crippen LogP contribution < -0.4 is 4.74 Å². The van der Waals surface area contributed by atoms with E-state index in [4.69, 9.17) is 16.3 Å². The minimum absolute atomic E-state index is 0.704. The Morgan fingerprint density at radius 3 is 1.94 bits per heavy atom. The summed E-state index contributed by atoms with van der Waals surface area (Å²) in [5, 5.41) is 10.9. The van der Waals surface area contributed by atoms with E-state index in [0.29, 0.717) is 5.02 Å². The van der Waals surface area contributed by atoms with E-state index in [-0.39, 0.29) is 0 Å². The molecular formula is C13H19ClO2. The molecule has 90 valence electrons. The smallest absolute Gasteiger partial charge is 0.128 e. The molecule has 0 fully saturated rings. The van der Waals surface area contributed by atoms with Gasteiger partial charge in [-0.15, -0.1) is 0 Å². The second kappa shape index (κ2) is 4.27. The highest BCUT2D eigenvalue weighted by atomic mass is 35.5. The zero-order chi connectivity index (χ0) is 12.7. The molecule has 1 rings (SSSR count). The summed E-state index contributed by atoms with van der Waals surface area (Å²) in [4.78, 5) is 0. The zero-order valence-electron chi connectivity index (χ0n) is 10.7. The van der Waals surface area contributed by atoms with Crippen LogP contribution in [-0.2, 0) is 5.60 Å². The fourth-order valence-corrected chi connectivity index (χ4v) is 2.31. The second-order valence-electron chi connectivity index (χ2n) is 4.66. The maximum absolute atomic E-state index is 10.2. The lowest BCUT2D eigenvalue weighted by Gasteiger charge is -2.26. The number of methoxy groups -OCH3 is 1. The molecule has 2 nitrogen and oxygen atoms in total. The molecule has 0 atom stereocenters. The van der Waals surface area contributed by atoms with Crippen molar-refractivity contribution in [3.63, 3.8) is 0 Å². The summed E-state index contributed by atoms with van der Waals surface area (Å²) in [6.07, 6.45) is 0. The Morgan fingerprint density at radius 1 is 1.06 bits per heavy atom. The third kappa shape index (κ3) is 2.04. The summed E-state index contributed by atoms with van der Waals surface area (Å²) in [5.41, 5.74) is 2.67. The van der Waals surface area contributed by atoms with Crippen LogP contribution in [0.3, 0.4) is 0 Å². The van der Waals surface area contributed by atoms with Crippen LogP contribution in [0, 0.1) is 20.8 Å². The number of hydrogen-bond acceptors (Lipinski definition) is 2. The van der Waals surface area contributed by atoms with Gasteiger partial charge in [-0.1, -0.05) is 11.6 Å². The van der Waals surface area contributed by atoms with Gasteiger partial charge in [-0.2, -0.15) is 0 Å². The average Bonchev–Trinajstić information content (AvgIpc) is 2.18. The first kappa shape index (κ1) is 13.3. The Bertz CT molecular complexity index is 417. The first-order valence-corrected chi connectivity index (χ1v) is 5.65. The van der Waals surface area contributed by atoms with Crippen molar-refractivity contribution in [3.8, 4) is 5.75 Å². The predicted molar refractivity (Wildman–Crippen MR) is 67.5 cm³/mol. The molecule has 16 heavy (non-hydrogen) atoms. The average molecular weight is 243 g/mol. The molecule has 0 unspecified atom stereocenters. The van der Waals surface area contributed by atoms with E-state index in [1.54, 1.807) is 21.0 Å². The van der Waals surface area contributed by atoms with Gasteiger partial charge in [-0.05, 0) is 51.3 Å². The summed E-state index contributed by atoms with van der Waals surface area (Å²) in [6, 6.07) is 0. The van der Waals surface area contributed by atoms with Crippen LogP contribution in [0.1, 0.15) is 36.1 Å². The summed E-state index contributed by atoms with van der Waals surface area (Å²) in [7, 11) is 1.62. The van der Waals surface area contributed by atoms with Crippen LogP contribution in [0.5, 0.6) is 5.75 Å². The van der Waals surface area contributed by atoms with Crippen molar-refractivity contribution in [2.24, 2.45) is 0 Å². The van der Waals surface area contributed by atoms with Crippen molar-refractivity contribution in [1.29, 1.82) is 0 Å². The highest BCUT2D eigenvalue weighted by Crippen LogP contribution is 2.41. The van der Waals surface area contributed by atoms with Crippen LogP contribution in [0.25, 0.3) is 0 Å². The summed E-state index contributed by atoms with van der Waals surface area (Å²) in [5.74, 6) is 0.729. The molecule has 0 heterocycles. The molecule has 1 N–H and O–H groups in total. The van der Waals surface area contributed by atoms with Gasteiger partial charge < -0.3 is 9.84 Å². The number of aliphatic hydroxyl groups is 1. The van der Waals surface area contributed by atoms with Gasteiger partial charge >= 0.3 is 0 Å². The molecule has 0 spiro atoms. The first-order chi connectivity index (χ1) is 7.21. The summed E-state index contributed by atoms with van der Waals surface area (Å²) < 4.78 is 5.40. The highest BCUT2D eigenvalue weighted by molar-refractivity contribution is 6.32. The van der Waals surface area contributed by atoms with Crippen molar-refractivity contribution >= 4 is 11.6 Å². The Balaban J connectivity index is 3.72. The Hall–Kier alpha value is -0.730. The van der Waals surface area contributed by atoms with Gasteiger partial charge in [0.05, 0.1) is 12.7 Å². The molecule has 0 amide bonds. The van der Waals surface area contributed by atoms with E-state index < -0.39 is 5.60 Å². The second-order valence-corrected chi connectivity index (χ2v) is 5.03. The summed E-state index contributed by atoms with van der Waals surface area (Å²) >= 11 is 6.26. The maximum atomic E-state index is 10.2. The monoisotopic (exact) mass is 242 g/mol. The van der Waals surface area contributed by atoms with Gasteiger partial charge in [0, 0.05) is 10.6 Å². The Kier molecular flexibility index (Phi) is 3.56.